The van der Waals surface area contributed by atoms with Gasteiger partial charge in [-0.1, -0.05) is 11.3 Å². The molecule has 1 fully saturated rings. The van der Waals surface area contributed by atoms with Crippen LogP contribution >= 0.6 is 11.3 Å². The summed E-state index contributed by atoms with van der Waals surface area (Å²) in [6, 6.07) is 0. The van der Waals surface area contributed by atoms with Gasteiger partial charge in [0.05, 0.1) is 18.4 Å². The van der Waals surface area contributed by atoms with Crippen LogP contribution in [0.25, 0.3) is 6.08 Å². The van der Waals surface area contributed by atoms with E-state index in [1.807, 2.05) is 19.0 Å². The average Bonchev–Trinajstić information content (AvgIpc) is 2.83. The average molecular weight is 267 g/mol. The van der Waals surface area contributed by atoms with Gasteiger partial charge in [-0.05, 0) is 6.08 Å². The molecule has 2 amide bonds. The first kappa shape index (κ1) is 12.6. The largest absolute Gasteiger partial charge is 0.480 e. The Balaban J connectivity index is 2.36. The van der Waals surface area contributed by atoms with Gasteiger partial charge in [-0.2, -0.15) is 4.98 Å². The summed E-state index contributed by atoms with van der Waals surface area (Å²) in [4.78, 5) is 29.4. The highest BCUT2D eigenvalue weighted by Crippen LogP contribution is 2.33. The van der Waals surface area contributed by atoms with Crippen LogP contribution in [0.4, 0.5) is 5.13 Å². The number of aromatic nitrogens is 1. The molecule has 18 heavy (non-hydrogen) atoms. The fourth-order valence-electron chi connectivity index (χ4n) is 1.51. The minimum atomic E-state index is -0.346. The Bertz CT molecular complexity index is 534. The molecule has 1 aliphatic heterocycles. The van der Waals surface area contributed by atoms with Gasteiger partial charge in [-0.25, -0.2) is 0 Å². The third-order valence-electron chi connectivity index (χ3n) is 2.39. The number of hydrogen-bond acceptors (Lipinski definition) is 6. The summed E-state index contributed by atoms with van der Waals surface area (Å²) in [5.41, 5.74) is 0.437. The number of nitrogens with one attached hydrogen (secondary N) is 1. The van der Waals surface area contributed by atoms with Crippen molar-refractivity contribution in [1.29, 1.82) is 0 Å². The maximum Gasteiger partial charge on any atom is 0.254 e. The summed E-state index contributed by atoms with van der Waals surface area (Å²) in [7, 11) is 5.28. The lowest BCUT2D eigenvalue weighted by molar-refractivity contribution is -0.124. The smallest absolute Gasteiger partial charge is 0.254 e. The Morgan fingerprint density at radius 3 is 2.67 bits per heavy atom. The van der Waals surface area contributed by atoms with Gasteiger partial charge in [-0.15, -0.1) is 0 Å². The van der Waals surface area contributed by atoms with Gasteiger partial charge >= 0.3 is 0 Å². The number of hydrogen-bond donors (Lipinski definition) is 1. The van der Waals surface area contributed by atoms with E-state index < -0.39 is 0 Å². The van der Waals surface area contributed by atoms with Crippen LogP contribution in [0.2, 0.25) is 0 Å². The number of rotatable bonds is 3. The molecule has 96 valence electrons. The molecule has 1 N–H and O–H groups in total. The van der Waals surface area contributed by atoms with Crippen molar-refractivity contribution in [3.63, 3.8) is 0 Å². The molecule has 2 rings (SSSR count). The quantitative estimate of drug-likeness (QED) is 0.643. The Hall–Kier alpha value is -1.89. The molecule has 0 atom stereocenters. The summed E-state index contributed by atoms with van der Waals surface area (Å²) in [5, 5.41) is 3.02. The van der Waals surface area contributed by atoms with E-state index in [1.165, 1.54) is 18.4 Å². The number of imide groups is 1. The molecule has 0 saturated carbocycles. The predicted octanol–water partition coefficient (Wildman–Crippen LogP) is 0.648. The molecule has 1 saturated heterocycles. The normalized spacial score (nSPS) is 17.2. The molecular weight excluding hydrogens is 254 g/mol. The zero-order valence-electron chi connectivity index (χ0n) is 10.3. The number of thiazole rings is 1. The fourth-order valence-corrected chi connectivity index (χ4v) is 2.44. The third-order valence-corrected chi connectivity index (χ3v) is 3.54. The Labute approximate surface area is 108 Å². The Kier molecular flexibility index (Phi) is 3.33. The Morgan fingerprint density at radius 2 is 2.17 bits per heavy atom. The van der Waals surface area contributed by atoms with Gasteiger partial charge < -0.3 is 9.64 Å². The number of nitrogens with zero attached hydrogens (tertiary/aromatic N) is 2. The predicted molar refractivity (Wildman–Crippen MR) is 68.7 cm³/mol. The molecule has 0 bridgehead atoms. The van der Waals surface area contributed by atoms with Crippen LogP contribution in [0.1, 0.15) is 11.3 Å². The number of carbonyl (C=O) groups excluding carboxylic acids is 2. The topological polar surface area (TPSA) is 71.5 Å². The van der Waals surface area contributed by atoms with Crippen LogP contribution in [0.5, 0.6) is 5.88 Å². The van der Waals surface area contributed by atoms with Crippen LogP contribution in [0, 0.1) is 0 Å². The lowest BCUT2D eigenvalue weighted by Gasteiger charge is -2.04. The number of anilines is 1. The molecule has 0 aromatic carbocycles. The van der Waals surface area contributed by atoms with E-state index in [2.05, 4.69) is 10.3 Å². The molecule has 0 unspecified atom stereocenters. The second kappa shape index (κ2) is 4.77. The van der Waals surface area contributed by atoms with Crippen LogP contribution in [-0.4, -0.2) is 38.0 Å². The molecule has 7 heteroatoms. The molecule has 6 nitrogen and oxygen atoms in total. The van der Waals surface area contributed by atoms with E-state index >= 15 is 0 Å². The number of methoxy groups -OCH3 is 1. The van der Waals surface area contributed by atoms with Crippen molar-refractivity contribution >= 4 is 34.4 Å². The Morgan fingerprint density at radius 1 is 1.44 bits per heavy atom. The molecule has 2 heterocycles. The van der Waals surface area contributed by atoms with Gasteiger partial charge in [0.25, 0.3) is 5.91 Å². The van der Waals surface area contributed by atoms with Gasteiger partial charge in [0.2, 0.25) is 11.8 Å². The highest BCUT2D eigenvalue weighted by atomic mass is 32.1. The standard InChI is InChI=1S/C11H13N3O3S/c1-14(2)11-13-10(17-3)7(18-11)4-6-5-8(15)12-9(6)16/h4H,5H2,1-3H3,(H,12,15,16). The van der Waals surface area contributed by atoms with E-state index in [4.69, 9.17) is 4.74 Å². The second-order valence-electron chi connectivity index (χ2n) is 3.99. The molecule has 0 radical (unpaired) electrons. The summed E-state index contributed by atoms with van der Waals surface area (Å²) < 4.78 is 5.16. The van der Waals surface area contributed by atoms with E-state index in [0.717, 1.165) is 10.0 Å². The number of ether oxygens (including phenoxy) is 1. The SMILES string of the molecule is COc1nc(N(C)C)sc1C=C1CC(=O)NC1=O. The summed E-state index contributed by atoms with van der Waals surface area (Å²) in [6.07, 6.45) is 1.76. The molecular formula is C11H13N3O3S. The van der Waals surface area contributed by atoms with Crippen molar-refractivity contribution in [1.82, 2.24) is 10.3 Å². The highest BCUT2D eigenvalue weighted by Gasteiger charge is 2.25. The molecule has 1 aliphatic rings. The maximum atomic E-state index is 11.5. The minimum absolute atomic E-state index is 0.108. The van der Waals surface area contributed by atoms with Crippen molar-refractivity contribution in [3.8, 4) is 5.88 Å². The van der Waals surface area contributed by atoms with E-state index in [1.54, 1.807) is 6.08 Å². The molecule has 1 aromatic rings. The fraction of sp³-hybridized carbons (Fsp3) is 0.364. The zero-order valence-corrected chi connectivity index (χ0v) is 11.1. The van der Waals surface area contributed by atoms with Crippen LogP contribution in [-0.2, 0) is 9.59 Å². The summed E-state index contributed by atoms with van der Waals surface area (Å²) in [5.74, 6) is -0.159. The molecule has 0 spiro atoms. The van der Waals surface area contributed by atoms with Crippen LogP contribution in [0.3, 0.4) is 0 Å². The maximum absolute atomic E-state index is 11.5. The molecule has 0 aliphatic carbocycles. The van der Waals surface area contributed by atoms with Crippen LogP contribution in [0.15, 0.2) is 5.57 Å². The van der Waals surface area contributed by atoms with Crippen molar-refractivity contribution in [3.05, 3.63) is 10.5 Å². The lowest BCUT2D eigenvalue weighted by atomic mass is 10.2. The highest BCUT2D eigenvalue weighted by molar-refractivity contribution is 7.16. The van der Waals surface area contributed by atoms with Gasteiger partial charge in [0.15, 0.2) is 5.13 Å². The first-order chi connectivity index (χ1) is 8.51. The van der Waals surface area contributed by atoms with Gasteiger partial charge in [-0.3, -0.25) is 14.9 Å². The van der Waals surface area contributed by atoms with Crippen molar-refractivity contribution in [2.75, 3.05) is 26.1 Å². The summed E-state index contributed by atoms with van der Waals surface area (Å²) in [6.45, 7) is 0. The lowest BCUT2D eigenvalue weighted by Crippen LogP contribution is -2.19. The van der Waals surface area contributed by atoms with Crippen molar-refractivity contribution in [2.45, 2.75) is 6.42 Å². The van der Waals surface area contributed by atoms with Crippen molar-refractivity contribution in [2.24, 2.45) is 0 Å². The van der Waals surface area contributed by atoms with E-state index in [-0.39, 0.29) is 18.2 Å². The number of carbonyl (C=O) groups is 2. The number of amides is 2. The first-order valence-electron chi connectivity index (χ1n) is 5.28. The summed E-state index contributed by atoms with van der Waals surface area (Å²) >= 11 is 1.40. The van der Waals surface area contributed by atoms with Crippen molar-refractivity contribution < 1.29 is 14.3 Å². The van der Waals surface area contributed by atoms with E-state index in [0.29, 0.717) is 11.5 Å². The second-order valence-corrected chi connectivity index (χ2v) is 5.00. The minimum Gasteiger partial charge on any atom is -0.480 e. The van der Waals surface area contributed by atoms with Crippen LogP contribution < -0.4 is 15.0 Å². The van der Waals surface area contributed by atoms with E-state index in [9.17, 15) is 9.59 Å². The zero-order chi connectivity index (χ0) is 13.3. The third kappa shape index (κ3) is 2.35. The molecule has 1 aromatic heterocycles. The van der Waals surface area contributed by atoms with Gasteiger partial charge in [0, 0.05) is 19.7 Å². The monoisotopic (exact) mass is 267 g/mol. The first-order valence-corrected chi connectivity index (χ1v) is 6.10. The van der Waals surface area contributed by atoms with Gasteiger partial charge in [0.1, 0.15) is 0 Å².